The molecule has 0 N–H and O–H groups in total. The summed E-state index contributed by atoms with van der Waals surface area (Å²) in [5.74, 6) is 0.0659. The molecule has 1 aromatic carbocycles. The summed E-state index contributed by atoms with van der Waals surface area (Å²) in [6.45, 7) is 2.03. The molecule has 5 heteroatoms. The molecule has 0 saturated heterocycles. The van der Waals surface area contributed by atoms with E-state index in [-0.39, 0.29) is 17.4 Å². The lowest BCUT2D eigenvalue weighted by atomic mass is 10.2. The maximum Gasteiger partial charge on any atom is 0.149 e. The molecule has 0 atom stereocenters. The quantitative estimate of drug-likeness (QED) is 0.768. The molecule has 2 aromatic rings. The van der Waals surface area contributed by atoms with Gasteiger partial charge in [0, 0.05) is 24.1 Å². The minimum Gasteiger partial charge on any atom is -0.298 e. The van der Waals surface area contributed by atoms with Crippen LogP contribution in [0.2, 0.25) is 0 Å². The maximum absolute atomic E-state index is 13.4. The van der Waals surface area contributed by atoms with Crippen LogP contribution in [0.3, 0.4) is 0 Å². The highest BCUT2D eigenvalue weighted by Gasteiger charge is 2.11. The SMILES string of the molecule is CCc1cc(CC(=O)CSc2ccccc2F)n(C)n1. The first-order valence-corrected chi connectivity index (χ1v) is 7.49. The highest BCUT2D eigenvalue weighted by atomic mass is 32.2. The van der Waals surface area contributed by atoms with Crippen molar-refractivity contribution < 1.29 is 9.18 Å². The number of carbonyl (C=O) groups excluding carboxylic acids is 1. The van der Waals surface area contributed by atoms with Crippen molar-refractivity contribution in [2.24, 2.45) is 7.05 Å². The average Bonchev–Trinajstić information content (AvgIpc) is 2.78. The second kappa shape index (κ2) is 6.70. The Morgan fingerprint density at radius 2 is 2.15 bits per heavy atom. The van der Waals surface area contributed by atoms with Crippen molar-refractivity contribution in [1.82, 2.24) is 9.78 Å². The van der Waals surface area contributed by atoms with Gasteiger partial charge in [-0.2, -0.15) is 5.10 Å². The van der Waals surface area contributed by atoms with Gasteiger partial charge >= 0.3 is 0 Å². The standard InChI is InChI=1S/C15H17FN2OS/c1-3-11-8-12(18(2)17-11)9-13(19)10-20-15-7-5-4-6-14(15)16/h4-8H,3,9-10H2,1-2H3. The van der Waals surface area contributed by atoms with Gasteiger partial charge in [0.05, 0.1) is 11.4 Å². The predicted octanol–water partition coefficient (Wildman–Crippen LogP) is 3.03. The van der Waals surface area contributed by atoms with Crippen molar-refractivity contribution in [3.8, 4) is 0 Å². The summed E-state index contributed by atoms with van der Waals surface area (Å²) in [5, 5.41) is 4.31. The first-order valence-electron chi connectivity index (χ1n) is 6.51. The van der Waals surface area contributed by atoms with Crippen LogP contribution in [0.4, 0.5) is 4.39 Å². The van der Waals surface area contributed by atoms with Gasteiger partial charge in [-0.05, 0) is 24.6 Å². The fourth-order valence-corrected chi connectivity index (χ4v) is 2.68. The van der Waals surface area contributed by atoms with Gasteiger partial charge in [-0.25, -0.2) is 4.39 Å². The van der Waals surface area contributed by atoms with E-state index >= 15 is 0 Å². The van der Waals surface area contributed by atoms with E-state index in [2.05, 4.69) is 5.10 Å². The Bertz CT molecular complexity index is 610. The summed E-state index contributed by atoms with van der Waals surface area (Å²) >= 11 is 1.24. The lowest BCUT2D eigenvalue weighted by Gasteiger charge is -2.03. The molecular weight excluding hydrogens is 275 g/mol. The molecular formula is C15H17FN2OS. The molecule has 0 fully saturated rings. The van der Waals surface area contributed by atoms with E-state index < -0.39 is 0 Å². The summed E-state index contributed by atoms with van der Waals surface area (Å²) in [7, 11) is 1.84. The zero-order valence-corrected chi connectivity index (χ0v) is 12.4. The maximum atomic E-state index is 13.4. The van der Waals surface area contributed by atoms with Crippen LogP contribution < -0.4 is 0 Å². The zero-order valence-electron chi connectivity index (χ0n) is 11.6. The number of rotatable bonds is 6. The van der Waals surface area contributed by atoms with E-state index in [9.17, 15) is 9.18 Å². The number of carbonyl (C=O) groups is 1. The molecule has 106 valence electrons. The van der Waals surface area contributed by atoms with E-state index in [1.54, 1.807) is 22.9 Å². The Kier molecular flexibility index (Phi) is 4.95. The van der Waals surface area contributed by atoms with Crippen molar-refractivity contribution >= 4 is 17.5 Å². The summed E-state index contributed by atoms with van der Waals surface area (Å²) in [6, 6.07) is 8.45. The van der Waals surface area contributed by atoms with Crippen molar-refractivity contribution in [3.63, 3.8) is 0 Å². The lowest BCUT2D eigenvalue weighted by molar-refractivity contribution is -0.116. The van der Waals surface area contributed by atoms with E-state index in [1.807, 2.05) is 20.0 Å². The fourth-order valence-electron chi connectivity index (χ4n) is 1.88. The number of thioether (sulfide) groups is 1. The Morgan fingerprint density at radius 3 is 2.80 bits per heavy atom. The molecule has 0 aliphatic carbocycles. The average molecular weight is 292 g/mol. The van der Waals surface area contributed by atoms with Gasteiger partial charge in [0.1, 0.15) is 11.6 Å². The second-order valence-corrected chi connectivity index (χ2v) is 5.56. The number of hydrogen-bond donors (Lipinski definition) is 0. The highest BCUT2D eigenvalue weighted by Crippen LogP contribution is 2.21. The molecule has 3 nitrogen and oxygen atoms in total. The number of aryl methyl sites for hydroxylation is 2. The molecule has 0 spiro atoms. The first kappa shape index (κ1) is 14.8. The van der Waals surface area contributed by atoms with Crippen LogP contribution in [0.1, 0.15) is 18.3 Å². The molecule has 0 amide bonds. The normalized spacial score (nSPS) is 10.8. The van der Waals surface area contributed by atoms with Crippen LogP contribution in [0, 0.1) is 5.82 Å². The van der Waals surface area contributed by atoms with Crippen molar-refractivity contribution in [1.29, 1.82) is 0 Å². The highest BCUT2D eigenvalue weighted by molar-refractivity contribution is 8.00. The largest absolute Gasteiger partial charge is 0.298 e. The molecule has 0 saturated carbocycles. The minimum absolute atomic E-state index is 0.0731. The fraction of sp³-hybridized carbons (Fsp3) is 0.333. The van der Waals surface area contributed by atoms with Gasteiger partial charge in [-0.15, -0.1) is 11.8 Å². The molecule has 1 heterocycles. The van der Waals surface area contributed by atoms with Crippen molar-refractivity contribution in [2.75, 3.05) is 5.75 Å². The zero-order chi connectivity index (χ0) is 14.5. The molecule has 2 rings (SSSR count). The molecule has 0 unspecified atom stereocenters. The van der Waals surface area contributed by atoms with E-state index in [0.717, 1.165) is 17.8 Å². The molecule has 0 aliphatic heterocycles. The number of nitrogens with zero attached hydrogens (tertiary/aromatic N) is 2. The molecule has 0 bridgehead atoms. The van der Waals surface area contributed by atoms with Crippen LogP contribution in [-0.2, 0) is 24.7 Å². The Morgan fingerprint density at radius 1 is 1.40 bits per heavy atom. The van der Waals surface area contributed by atoms with Crippen LogP contribution in [0.5, 0.6) is 0 Å². The number of hydrogen-bond acceptors (Lipinski definition) is 3. The third kappa shape index (κ3) is 3.70. The molecule has 20 heavy (non-hydrogen) atoms. The third-order valence-corrected chi connectivity index (χ3v) is 4.10. The predicted molar refractivity (Wildman–Crippen MR) is 78.4 cm³/mol. The van der Waals surface area contributed by atoms with Crippen LogP contribution in [0.25, 0.3) is 0 Å². The molecule has 0 radical (unpaired) electrons. The number of aromatic nitrogens is 2. The molecule has 1 aromatic heterocycles. The van der Waals surface area contributed by atoms with Gasteiger partial charge in [-0.1, -0.05) is 19.1 Å². The Balaban J connectivity index is 1.92. The van der Waals surface area contributed by atoms with Crippen LogP contribution in [-0.4, -0.2) is 21.3 Å². The van der Waals surface area contributed by atoms with E-state index in [0.29, 0.717) is 11.3 Å². The van der Waals surface area contributed by atoms with Crippen LogP contribution in [0.15, 0.2) is 35.2 Å². The van der Waals surface area contributed by atoms with E-state index in [1.165, 1.54) is 17.8 Å². The molecule has 0 aliphatic rings. The Hall–Kier alpha value is -1.62. The Labute approximate surface area is 122 Å². The van der Waals surface area contributed by atoms with Gasteiger partial charge in [-0.3, -0.25) is 9.48 Å². The minimum atomic E-state index is -0.279. The second-order valence-electron chi connectivity index (χ2n) is 4.54. The van der Waals surface area contributed by atoms with Gasteiger partial charge < -0.3 is 0 Å². The monoisotopic (exact) mass is 292 g/mol. The van der Waals surface area contributed by atoms with Crippen LogP contribution >= 0.6 is 11.8 Å². The lowest BCUT2D eigenvalue weighted by Crippen LogP contribution is -2.09. The smallest absolute Gasteiger partial charge is 0.149 e. The van der Waals surface area contributed by atoms with Gasteiger partial charge in [0.25, 0.3) is 0 Å². The summed E-state index contributed by atoms with van der Waals surface area (Å²) < 4.78 is 15.2. The number of Topliss-reactive ketones (excluding diaryl/α,β-unsaturated/α-hetero) is 1. The van der Waals surface area contributed by atoms with Gasteiger partial charge in [0.2, 0.25) is 0 Å². The summed E-state index contributed by atoms with van der Waals surface area (Å²) in [5.41, 5.74) is 1.89. The van der Waals surface area contributed by atoms with Gasteiger partial charge in [0.15, 0.2) is 0 Å². The number of benzene rings is 1. The summed E-state index contributed by atoms with van der Waals surface area (Å²) in [6.07, 6.45) is 1.19. The van der Waals surface area contributed by atoms with E-state index in [4.69, 9.17) is 0 Å². The number of halogens is 1. The van der Waals surface area contributed by atoms with Crippen molar-refractivity contribution in [3.05, 3.63) is 47.5 Å². The first-order chi connectivity index (χ1) is 9.60. The summed E-state index contributed by atoms with van der Waals surface area (Å²) in [4.78, 5) is 12.5. The van der Waals surface area contributed by atoms with Crippen molar-refractivity contribution in [2.45, 2.75) is 24.7 Å². The third-order valence-electron chi connectivity index (χ3n) is 2.99. The topological polar surface area (TPSA) is 34.9 Å². The number of ketones is 1.